The number of aryl methyl sites for hydroxylation is 2. The third kappa shape index (κ3) is 4.36. The Balaban J connectivity index is 1.72. The molecule has 0 unspecified atom stereocenters. The van der Waals surface area contributed by atoms with Crippen molar-refractivity contribution in [1.29, 1.82) is 0 Å². The first-order chi connectivity index (χ1) is 14.5. The van der Waals surface area contributed by atoms with Crippen molar-refractivity contribution in [2.24, 2.45) is 0 Å². The van der Waals surface area contributed by atoms with Crippen LogP contribution in [-0.2, 0) is 6.54 Å². The summed E-state index contributed by atoms with van der Waals surface area (Å²) in [5, 5.41) is 3.53. The van der Waals surface area contributed by atoms with Gasteiger partial charge >= 0.3 is 0 Å². The topological polar surface area (TPSA) is 39.1 Å². The third-order valence-corrected chi connectivity index (χ3v) is 5.73. The van der Waals surface area contributed by atoms with Crippen LogP contribution in [0.5, 0.6) is 5.75 Å². The lowest BCUT2D eigenvalue weighted by Gasteiger charge is -2.13. The molecule has 0 amide bonds. The van der Waals surface area contributed by atoms with Crippen LogP contribution in [0.25, 0.3) is 16.7 Å². The number of fused-ring (bicyclic) bond motifs is 1. The Morgan fingerprint density at radius 1 is 0.967 bits per heavy atom. The summed E-state index contributed by atoms with van der Waals surface area (Å²) in [6, 6.07) is 20.9. The molecule has 0 aliphatic rings. The molecule has 0 aliphatic carbocycles. The summed E-state index contributed by atoms with van der Waals surface area (Å²) >= 11 is 3.49. The van der Waals surface area contributed by atoms with Crippen LogP contribution in [0.4, 0.5) is 5.95 Å². The Hall–Kier alpha value is -2.79. The molecule has 0 radical (unpaired) electrons. The third-order valence-electron chi connectivity index (χ3n) is 5.20. The molecule has 0 saturated carbocycles. The van der Waals surface area contributed by atoms with Gasteiger partial charge in [-0.25, -0.2) is 4.98 Å². The number of halogens is 1. The van der Waals surface area contributed by atoms with E-state index in [4.69, 9.17) is 9.72 Å². The molecule has 30 heavy (non-hydrogen) atoms. The van der Waals surface area contributed by atoms with E-state index in [0.717, 1.165) is 45.9 Å². The molecule has 1 N–H and O–H groups in total. The molecule has 4 nitrogen and oxygen atoms in total. The van der Waals surface area contributed by atoms with Gasteiger partial charge in [-0.05, 0) is 85.5 Å². The summed E-state index contributed by atoms with van der Waals surface area (Å²) in [6.45, 7) is 7.81. The second-order valence-corrected chi connectivity index (χ2v) is 8.43. The lowest BCUT2D eigenvalue weighted by molar-refractivity contribution is 0.317. The summed E-state index contributed by atoms with van der Waals surface area (Å²) < 4.78 is 9.01. The standard InChI is InChI=1S/C25H26BrN3O/c1-4-13-30-22-11-9-21(10-12-22)29-24-15-18(3)17(2)14-23(24)28-25(29)27-16-19-5-7-20(26)8-6-19/h5-12,14-15H,4,13,16H2,1-3H3,(H,27,28). The maximum atomic E-state index is 5.75. The zero-order valence-corrected chi connectivity index (χ0v) is 19.2. The smallest absolute Gasteiger partial charge is 0.208 e. The van der Waals surface area contributed by atoms with Gasteiger partial charge in [-0.3, -0.25) is 4.57 Å². The van der Waals surface area contributed by atoms with Gasteiger partial charge in [0.15, 0.2) is 0 Å². The number of rotatable bonds is 7. The second kappa shape index (κ2) is 8.92. The van der Waals surface area contributed by atoms with E-state index in [1.807, 2.05) is 12.1 Å². The van der Waals surface area contributed by atoms with Crippen LogP contribution in [0.1, 0.15) is 30.0 Å². The SMILES string of the molecule is CCCOc1ccc(-n2c(NCc3ccc(Br)cc3)nc3cc(C)c(C)cc32)cc1. The number of ether oxygens (including phenoxy) is 1. The van der Waals surface area contributed by atoms with E-state index in [1.165, 1.54) is 16.7 Å². The maximum absolute atomic E-state index is 5.75. The summed E-state index contributed by atoms with van der Waals surface area (Å²) in [4.78, 5) is 4.91. The van der Waals surface area contributed by atoms with Crippen molar-refractivity contribution < 1.29 is 4.74 Å². The molecule has 1 heterocycles. The zero-order valence-electron chi connectivity index (χ0n) is 17.6. The van der Waals surface area contributed by atoms with Gasteiger partial charge in [0.25, 0.3) is 0 Å². The quantitative estimate of drug-likeness (QED) is 0.327. The largest absolute Gasteiger partial charge is 0.494 e. The number of benzene rings is 3. The summed E-state index contributed by atoms with van der Waals surface area (Å²) in [5.41, 5.74) is 6.85. The molecular weight excluding hydrogens is 438 g/mol. The van der Waals surface area contributed by atoms with Crippen molar-refractivity contribution in [3.05, 3.63) is 81.8 Å². The van der Waals surface area contributed by atoms with E-state index in [9.17, 15) is 0 Å². The van der Waals surface area contributed by atoms with Gasteiger partial charge in [-0.2, -0.15) is 0 Å². The fraction of sp³-hybridized carbons (Fsp3) is 0.240. The molecule has 154 valence electrons. The Kier molecular flexibility index (Phi) is 6.09. The van der Waals surface area contributed by atoms with E-state index >= 15 is 0 Å². The minimum Gasteiger partial charge on any atom is -0.494 e. The van der Waals surface area contributed by atoms with Gasteiger partial charge < -0.3 is 10.1 Å². The van der Waals surface area contributed by atoms with Crippen molar-refractivity contribution in [1.82, 2.24) is 9.55 Å². The van der Waals surface area contributed by atoms with Crippen LogP contribution < -0.4 is 10.1 Å². The zero-order chi connectivity index (χ0) is 21.1. The van der Waals surface area contributed by atoms with Gasteiger partial charge in [-0.1, -0.05) is 35.0 Å². The number of nitrogens with one attached hydrogen (secondary N) is 1. The lowest BCUT2D eigenvalue weighted by Crippen LogP contribution is -2.06. The highest BCUT2D eigenvalue weighted by Gasteiger charge is 2.14. The van der Waals surface area contributed by atoms with E-state index in [-0.39, 0.29) is 0 Å². The van der Waals surface area contributed by atoms with Crippen molar-refractivity contribution >= 4 is 32.9 Å². The number of anilines is 1. The minimum atomic E-state index is 0.701. The number of nitrogens with zero attached hydrogens (tertiary/aromatic N) is 2. The van der Waals surface area contributed by atoms with Crippen LogP contribution in [0.15, 0.2) is 65.1 Å². The Labute approximate surface area is 186 Å². The predicted octanol–water partition coefficient (Wildman–Crippen LogP) is 6.81. The molecule has 4 rings (SSSR count). The van der Waals surface area contributed by atoms with Crippen LogP contribution in [0, 0.1) is 13.8 Å². The molecule has 5 heteroatoms. The van der Waals surface area contributed by atoms with E-state index in [0.29, 0.717) is 6.54 Å². The second-order valence-electron chi connectivity index (χ2n) is 7.52. The highest BCUT2D eigenvalue weighted by molar-refractivity contribution is 9.10. The normalized spacial score (nSPS) is 11.1. The summed E-state index contributed by atoms with van der Waals surface area (Å²) in [6.07, 6.45) is 0.997. The molecule has 4 aromatic rings. The first-order valence-electron chi connectivity index (χ1n) is 10.3. The van der Waals surface area contributed by atoms with Gasteiger partial charge in [0.1, 0.15) is 5.75 Å². The molecule has 0 saturated heterocycles. The average Bonchev–Trinajstić information content (AvgIpc) is 3.09. The van der Waals surface area contributed by atoms with Crippen molar-refractivity contribution in [2.75, 3.05) is 11.9 Å². The van der Waals surface area contributed by atoms with Crippen LogP contribution in [-0.4, -0.2) is 16.2 Å². The number of hydrogen-bond donors (Lipinski definition) is 1. The fourth-order valence-electron chi connectivity index (χ4n) is 3.41. The molecular formula is C25H26BrN3O. The highest BCUT2D eigenvalue weighted by Crippen LogP contribution is 2.28. The highest BCUT2D eigenvalue weighted by atomic mass is 79.9. The number of imidazole rings is 1. The Morgan fingerprint density at radius 2 is 1.67 bits per heavy atom. The van der Waals surface area contributed by atoms with Gasteiger partial charge in [0, 0.05) is 16.7 Å². The monoisotopic (exact) mass is 463 g/mol. The summed E-state index contributed by atoms with van der Waals surface area (Å²) in [5.74, 6) is 1.72. The van der Waals surface area contributed by atoms with E-state index < -0.39 is 0 Å². The Morgan fingerprint density at radius 3 is 2.37 bits per heavy atom. The Bertz CT molecular complexity index is 1150. The molecule has 0 atom stereocenters. The van der Waals surface area contributed by atoms with Gasteiger partial charge in [0.2, 0.25) is 5.95 Å². The molecule has 3 aromatic carbocycles. The minimum absolute atomic E-state index is 0.701. The van der Waals surface area contributed by atoms with E-state index in [2.05, 4.69) is 95.1 Å². The van der Waals surface area contributed by atoms with Crippen LogP contribution in [0.2, 0.25) is 0 Å². The first-order valence-corrected chi connectivity index (χ1v) is 11.1. The number of aromatic nitrogens is 2. The lowest BCUT2D eigenvalue weighted by atomic mass is 10.1. The summed E-state index contributed by atoms with van der Waals surface area (Å²) in [7, 11) is 0. The fourth-order valence-corrected chi connectivity index (χ4v) is 3.67. The number of hydrogen-bond acceptors (Lipinski definition) is 3. The van der Waals surface area contributed by atoms with Gasteiger partial charge in [-0.15, -0.1) is 0 Å². The first kappa shape index (κ1) is 20.5. The van der Waals surface area contributed by atoms with Crippen molar-refractivity contribution in [2.45, 2.75) is 33.7 Å². The molecule has 0 spiro atoms. The molecule has 0 aliphatic heterocycles. The molecule has 0 fully saturated rings. The van der Waals surface area contributed by atoms with Crippen LogP contribution >= 0.6 is 15.9 Å². The van der Waals surface area contributed by atoms with Crippen molar-refractivity contribution in [3.63, 3.8) is 0 Å². The maximum Gasteiger partial charge on any atom is 0.208 e. The molecule has 1 aromatic heterocycles. The van der Waals surface area contributed by atoms with E-state index in [1.54, 1.807) is 0 Å². The molecule has 0 bridgehead atoms. The van der Waals surface area contributed by atoms with Gasteiger partial charge in [0.05, 0.1) is 17.6 Å². The predicted molar refractivity (Wildman–Crippen MR) is 128 cm³/mol. The van der Waals surface area contributed by atoms with Crippen LogP contribution in [0.3, 0.4) is 0 Å². The van der Waals surface area contributed by atoms with Crippen molar-refractivity contribution in [3.8, 4) is 11.4 Å². The average molecular weight is 464 g/mol.